The first kappa shape index (κ1) is 20.9. The molecule has 0 aliphatic carbocycles. The standard InChI is InChI=1S/C23H17F2NO4/c1-14(27)16-8-5-9-20(12-16)26-22(28)21(15-6-3-2-4-7-15)30-23(29)17-10-18(24)13-19(25)11-17/h2-13,21H,1H3,(H,26,28)/t21-/m1/s1. The molecule has 1 N–H and O–H groups in total. The van der Waals surface area contributed by atoms with E-state index in [1.165, 1.54) is 13.0 Å². The Hall–Kier alpha value is -3.87. The van der Waals surface area contributed by atoms with E-state index in [-0.39, 0.29) is 11.3 Å². The first-order valence-electron chi connectivity index (χ1n) is 8.97. The highest BCUT2D eigenvalue weighted by atomic mass is 19.1. The Bertz CT molecular complexity index is 1080. The predicted octanol–water partition coefficient (Wildman–Crippen LogP) is 4.70. The lowest BCUT2D eigenvalue weighted by molar-refractivity contribution is -0.125. The van der Waals surface area contributed by atoms with Crippen molar-refractivity contribution in [3.63, 3.8) is 0 Å². The SMILES string of the molecule is CC(=O)c1cccc(NC(=O)[C@H](OC(=O)c2cc(F)cc(F)c2)c2ccccc2)c1. The van der Waals surface area contributed by atoms with Crippen LogP contribution in [0.5, 0.6) is 0 Å². The molecule has 1 amide bonds. The normalized spacial score (nSPS) is 11.4. The van der Waals surface area contributed by atoms with Crippen LogP contribution in [-0.4, -0.2) is 17.7 Å². The van der Waals surface area contributed by atoms with Gasteiger partial charge in [0.05, 0.1) is 5.56 Å². The lowest BCUT2D eigenvalue weighted by Gasteiger charge is -2.18. The number of hydrogen-bond donors (Lipinski definition) is 1. The number of ether oxygens (including phenoxy) is 1. The van der Waals surface area contributed by atoms with Crippen LogP contribution in [0.4, 0.5) is 14.5 Å². The number of benzene rings is 3. The van der Waals surface area contributed by atoms with Crippen LogP contribution in [0.25, 0.3) is 0 Å². The zero-order valence-corrected chi connectivity index (χ0v) is 15.9. The highest BCUT2D eigenvalue weighted by molar-refractivity contribution is 6.00. The van der Waals surface area contributed by atoms with Crippen LogP contribution in [0.1, 0.15) is 39.3 Å². The molecule has 30 heavy (non-hydrogen) atoms. The summed E-state index contributed by atoms with van der Waals surface area (Å²) in [4.78, 5) is 36.9. The molecule has 3 rings (SSSR count). The fourth-order valence-corrected chi connectivity index (χ4v) is 2.77. The summed E-state index contributed by atoms with van der Waals surface area (Å²) >= 11 is 0. The molecular weight excluding hydrogens is 392 g/mol. The number of esters is 1. The zero-order valence-electron chi connectivity index (χ0n) is 15.9. The maximum absolute atomic E-state index is 13.4. The van der Waals surface area contributed by atoms with E-state index in [4.69, 9.17) is 4.74 Å². The molecule has 0 unspecified atom stereocenters. The molecule has 0 bridgehead atoms. The van der Waals surface area contributed by atoms with Crippen molar-refractivity contribution in [1.29, 1.82) is 0 Å². The first-order chi connectivity index (χ1) is 14.3. The molecule has 3 aromatic carbocycles. The van der Waals surface area contributed by atoms with Crippen LogP contribution in [-0.2, 0) is 9.53 Å². The van der Waals surface area contributed by atoms with E-state index < -0.39 is 29.6 Å². The average molecular weight is 409 g/mol. The summed E-state index contributed by atoms with van der Waals surface area (Å²) < 4.78 is 32.2. The Morgan fingerprint density at radius 2 is 1.50 bits per heavy atom. The second kappa shape index (κ2) is 9.09. The van der Waals surface area contributed by atoms with Gasteiger partial charge in [-0.3, -0.25) is 9.59 Å². The average Bonchev–Trinajstić information content (AvgIpc) is 2.71. The van der Waals surface area contributed by atoms with E-state index in [2.05, 4.69) is 5.32 Å². The van der Waals surface area contributed by atoms with Crippen molar-refractivity contribution >= 4 is 23.3 Å². The van der Waals surface area contributed by atoms with Crippen LogP contribution in [0.15, 0.2) is 72.8 Å². The summed E-state index contributed by atoms with van der Waals surface area (Å²) in [5, 5.41) is 2.60. The Morgan fingerprint density at radius 1 is 0.833 bits per heavy atom. The van der Waals surface area contributed by atoms with Gasteiger partial charge in [0.25, 0.3) is 5.91 Å². The molecule has 0 aliphatic rings. The second-order valence-corrected chi connectivity index (χ2v) is 6.48. The summed E-state index contributed by atoms with van der Waals surface area (Å²) in [7, 11) is 0. The molecule has 3 aromatic rings. The summed E-state index contributed by atoms with van der Waals surface area (Å²) in [6.07, 6.45) is -1.38. The maximum atomic E-state index is 13.4. The molecule has 0 aromatic heterocycles. The minimum Gasteiger partial charge on any atom is -0.444 e. The molecule has 0 aliphatic heterocycles. The van der Waals surface area contributed by atoms with Gasteiger partial charge in [0.2, 0.25) is 6.10 Å². The van der Waals surface area contributed by atoms with Crippen LogP contribution in [0, 0.1) is 11.6 Å². The number of anilines is 1. The van der Waals surface area contributed by atoms with Gasteiger partial charge in [0, 0.05) is 22.9 Å². The molecule has 0 fully saturated rings. The number of nitrogens with one attached hydrogen (secondary N) is 1. The lowest BCUT2D eigenvalue weighted by atomic mass is 10.1. The van der Waals surface area contributed by atoms with Gasteiger partial charge in [-0.25, -0.2) is 13.6 Å². The molecular formula is C23H17F2NO4. The van der Waals surface area contributed by atoms with Gasteiger partial charge in [-0.2, -0.15) is 0 Å². The van der Waals surface area contributed by atoms with Crippen LogP contribution in [0.3, 0.4) is 0 Å². The van der Waals surface area contributed by atoms with E-state index in [1.807, 2.05) is 0 Å². The summed E-state index contributed by atoms with van der Waals surface area (Å²) in [6, 6.07) is 16.7. The first-order valence-corrected chi connectivity index (χ1v) is 8.97. The summed E-state index contributed by atoms with van der Waals surface area (Å²) in [6.45, 7) is 1.40. The zero-order chi connectivity index (χ0) is 21.7. The van der Waals surface area contributed by atoms with Crippen molar-refractivity contribution in [1.82, 2.24) is 0 Å². The van der Waals surface area contributed by atoms with Gasteiger partial charge in [0.15, 0.2) is 5.78 Å². The molecule has 7 heteroatoms. The third-order valence-electron chi connectivity index (χ3n) is 4.20. The lowest BCUT2D eigenvalue weighted by Crippen LogP contribution is -2.26. The highest BCUT2D eigenvalue weighted by Crippen LogP contribution is 2.23. The van der Waals surface area contributed by atoms with E-state index >= 15 is 0 Å². The third kappa shape index (κ3) is 5.14. The number of Topliss-reactive ketones (excluding diaryl/α,β-unsaturated/α-hetero) is 1. The molecule has 0 saturated carbocycles. The monoisotopic (exact) mass is 409 g/mol. The van der Waals surface area contributed by atoms with Crippen LogP contribution in [0.2, 0.25) is 0 Å². The quantitative estimate of drug-likeness (QED) is 0.473. The number of carbonyl (C=O) groups excluding carboxylic acids is 3. The minimum absolute atomic E-state index is 0.176. The third-order valence-corrected chi connectivity index (χ3v) is 4.20. The van der Waals surface area contributed by atoms with Crippen molar-refractivity contribution in [3.05, 3.63) is 101 Å². The molecule has 0 saturated heterocycles. The van der Waals surface area contributed by atoms with Crippen molar-refractivity contribution in [2.45, 2.75) is 13.0 Å². The van der Waals surface area contributed by atoms with Crippen LogP contribution >= 0.6 is 0 Å². The van der Waals surface area contributed by atoms with Gasteiger partial charge in [0.1, 0.15) is 11.6 Å². The molecule has 1 atom stereocenters. The number of amides is 1. The van der Waals surface area contributed by atoms with E-state index in [9.17, 15) is 23.2 Å². The largest absolute Gasteiger partial charge is 0.444 e. The fraction of sp³-hybridized carbons (Fsp3) is 0.0870. The van der Waals surface area contributed by atoms with Crippen molar-refractivity contribution in [2.75, 3.05) is 5.32 Å². The van der Waals surface area contributed by atoms with Crippen molar-refractivity contribution < 1.29 is 27.9 Å². The molecule has 0 spiro atoms. The molecule has 5 nitrogen and oxygen atoms in total. The van der Waals surface area contributed by atoms with Crippen LogP contribution < -0.4 is 5.32 Å². The topological polar surface area (TPSA) is 72.5 Å². The summed E-state index contributed by atoms with van der Waals surface area (Å²) in [5.41, 5.74) is 0.737. The maximum Gasteiger partial charge on any atom is 0.339 e. The van der Waals surface area contributed by atoms with Gasteiger partial charge in [-0.1, -0.05) is 42.5 Å². The van der Waals surface area contributed by atoms with E-state index in [0.717, 1.165) is 12.1 Å². The molecule has 0 heterocycles. The van der Waals surface area contributed by atoms with Gasteiger partial charge < -0.3 is 10.1 Å². The number of rotatable bonds is 6. The highest BCUT2D eigenvalue weighted by Gasteiger charge is 2.26. The Kier molecular flexibility index (Phi) is 6.32. The van der Waals surface area contributed by atoms with Gasteiger partial charge in [-0.05, 0) is 31.2 Å². The Balaban J connectivity index is 1.87. The predicted molar refractivity (Wildman–Crippen MR) is 106 cm³/mol. The number of ketones is 1. The van der Waals surface area contributed by atoms with Gasteiger partial charge in [-0.15, -0.1) is 0 Å². The summed E-state index contributed by atoms with van der Waals surface area (Å²) in [5.74, 6) is -3.81. The van der Waals surface area contributed by atoms with E-state index in [1.54, 1.807) is 48.5 Å². The number of carbonyl (C=O) groups is 3. The minimum atomic E-state index is -1.38. The van der Waals surface area contributed by atoms with Gasteiger partial charge >= 0.3 is 5.97 Å². The second-order valence-electron chi connectivity index (χ2n) is 6.48. The number of halogens is 2. The van der Waals surface area contributed by atoms with E-state index in [0.29, 0.717) is 22.9 Å². The molecule has 152 valence electrons. The fourth-order valence-electron chi connectivity index (χ4n) is 2.77. The Labute approximate surface area is 171 Å². The van der Waals surface area contributed by atoms with Crippen molar-refractivity contribution in [2.24, 2.45) is 0 Å². The molecule has 0 radical (unpaired) electrons. The Morgan fingerprint density at radius 3 is 2.13 bits per heavy atom. The number of hydrogen-bond acceptors (Lipinski definition) is 4. The van der Waals surface area contributed by atoms with Crippen molar-refractivity contribution in [3.8, 4) is 0 Å². The smallest absolute Gasteiger partial charge is 0.339 e.